The van der Waals surface area contributed by atoms with E-state index in [0.717, 1.165) is 81.9 Å². The van der Waals surface area contributed by atoms with Crippen molar-refractivity contribution in [2.45, 2.75) is 46.0 Å². The van der Waals surface area contributed by atoms with Gasteiger partial charge in [-0.2, -0.15) is 0 Å². The second kappa shape index (κ2) is 19.3. The van der Waals surface area contributed by atoms with E-state index in [-0.39, 0.29) is 52.7 Å². The zero-order valence-electron chi connectivity index (χ0n) is 29.9. The van der Waals surface area contributed by atoms with Gasteiger partial charge in [0.1, 0.15) is 0 Å². The molecule has 2 aliphatic rings. The summed E-state index contributed by atoms with van der Waals surface area (Å²) in [6.07, 6.45) is 6.06. The van der Waals surface area contributed by atoms with Crippen molar-refractivity contribution >= 4 is 91.8 Å². The molecule has 4 aromatic carbocycles. The first-order chi connectivity index (χ1) is 25.0. The number of carbonyl (C=O) groups excluding carboxylic acids is 3. The Morgan fingerprint density at radius 1 is 0.778 bits per heavy atom. The van der Waals surface area contributed by atoms with E-state index in [1.165, 1.54) is 12.5 Å². The summed E-state index contributed by atoms with van der Waals surface area (Å²) in [5, 5.41) is 4.04. The van der Waals surface area contributed by atoms with Gasteiger partial charge >= 0.3 is 5.97 Å². The standard InChI is InChI=1S/C19H15Cl2NO.C19H13Cl2NO.C4H8O2.CH3.Pd.H2/c2*20-15-9-14-13-7-6-12(8-11-4-2-1-3-5-11)19(23)18(13)22-17(14)10-16(15)21;1-3-6-4(2)5;;;/h1-5,9-10,12,22H,6-8H2;1-5,8-10,22H,6-7H2;3H2,1-2H3;1H3;;1H/q;;;-1;;/b;12-8+;;;;. The van der Waals surface area contributed by atoms with Gasteiger partial charge < -0.3 is 22.1 Å². The average Bonchev–Trinajstić information content (AvgIpc) is 3.67. The second-order valence-electron chi connectivity index (χ2n) is 12.7. The first-order valence-electron chi connectivity index (χ1n) is 17.0. The molecule has 11 heteroatoms. The smallest absolute Gasteiger partial charge is 0.302 e. The maximum absolute atomic E-state index is 12.9. The van der Waals surface area contributed by atoms with E-state index < -0.39 is 0 Å². The number of aromatic amines is 2. The van der Waals surface area contributed by atoms with Crippen molar-refractivity contribution in [1.29, 1.82) is 0 Å². The summed E-state index contributed by atoms with van der Waals surface area (Å²) in [5.74, 6) is 0.0681. The molecule has 0 radical (unpaired) electrons. The summed E-state index contributed by atoms with van der Waals surface area (Å²) in [6, 6.07) is 27.4. The summed E-state index contributed by atoms with van der Waals surface area (Å²) in [7, 11) is 0. The molecule has 0 aliphatic heterocycles. The van der Waals surface area contributed by atoms with Gasteiger partial charge in [-0.05, 0) is 91.6 Å². The Hall–Kier alpha value is -3.67. The van der Waals surface area contributed by atoms with E-state index in [2.05, 4.69) is 26.8 Å². The number of aromatic nitrogens is 2. The molecule has 0 fully saturated rings. The van der Waals surface area contributed by atoms with Crippen molar-refractivity contribution in [3.05, 3.63) is 152 Å². The summed E-state index contributed by atoms with van der Waals surface area (Å²) < 4.78 is 4.40. The number of esters is 1. The number of hydrogen-bond donors (Lipinski definition) is 2. The fourth-order valence-corrected chi connectivity index (χ4v) is 7.44. The predicted molar refractivity (Wildman–Crippen MR) is 221 cm³/mol. The molecule has 2 aromatic heterocycles. The van der Waals surface area contributed by atoms with Crippen LogP contribution in [-0.4, -0.2) is 34.1 Å². The Labute approximate surface area is 350 Å². The maximum Gasteiger partial charge on any atom is 0.302 e. The number of carbonyl (C=O) groups is 3. The third-order valence-corrected chi connectivity index (χ3v) is 10.7. The Morgan fingerprint density at radius 3 is 1.83 bits per heavy atom. The number of allylic oxidation sites excluding steroid dienone is 1. The van der Waals surface area contributed by atoms with Gasteiger partial charge in [-0.25, -0.2) is 0 Å². The van der Waals surface area contributed by atoms with Gasteiger partial charge in [0.15, 0.2) is 5.78 Å². The normalized spacial score (nSPS) is 15.1. The van der Waals surface area contributed by atoms with Crippen LogP contribution in [0.5, 0.6) is 0 Å². The number of halogens is 4. The quantitative estimate of drug-likeness (QED) is 0.0798. The topological polar surface area (TPSA) is 92.0 Å². The second-order valence-corrected chi connectivity index (χ2v) is 14.3. The molecule has 2 aliphatic carbocycles. The summed E-state index contributed by atoms with van der Waals surface area (Å²) >= 11 is 24.4. The molecule has 8 rings (SSSR count). The molecular weight excluding hydrogens is 857 g/mol. The first-order valence-corrected chi connectivity index (χ1v) is 18.6. The van der Waals surface area contributed by atoms with Gasteiger partial charge in [-0.15, -0.1) is 0 Å². The van der Waals surface area contributed by atoms with Crippen LogP contribution in [0.4, 0.5) is 0 Å². The van der Waals surface area contributed by atoms with Crippen molar-refractivity contribution in [2.75, 3.05) is 6.61 Å². The Morgan fingerprint density at radius 2 is 1.30 bits per heavy atom. The van der Waals surface area contributed by atoms with Crippen molar-refractivity contribution in [1.82, 2.24) is 9.97 Å². The van der Waals surface area contributed by atoms with Crippen molar-refractivity contribution in [2.24, 2.45) is 5.92 Å². The van der Waals surface area contributed by atoms with Crippen LogP contribution in [-0.2, 0) is 49.2 Å². The molecule has 0 saturated carbocycles. The monoisotopic (exact) mass is 895 g/mol. The van der Waals surface area contributed by atoms with Gasteiger partial charge in [0.2, 0.25) is 5.78 Å². The van der Waals surface area contributed by atoms with E-state index in [0.29, 0.717) is 32.4 Å². The van der Waals surface area contributed by atoms with Crippen LogP contribution in [0.2, 0.25) is 20.1 Å². The molecule has 2 N–H and O–H groups in total. The zero-order valence-corrected chi connectivity index (χ0v) is 34.5. The molecular formula is C43H41Cl4N2O4Pd-. The Balaban J connectivity index is 0.000000246. The van der Waals surface area contributed by atoms with Gasteiger partial charge in [0.25, 0.3) is 0 Å². The fourth-order valence-electron chi connectivity index (χ4n) is 6.79. The van der Waals surface area contributed by atoms with Crippen LogP contribution in [0.15, 0.2) is 90.5 Å². The van der Waals surface area contributed by atoms with Gasteiger partial charge in [0.05, 0.1) is 38.1 Å². The number of rotatable bonds is 4. The number of fused-ring (bicyclic) bond motifs is 6. The van der Waals surface area contributed by atoms with Crippen LogP contribution in [0.25, 0.3) is 27.9 Å². The fraction of sp³-hybridized carbons (Fsp3) is 0.209. The Bertz CT molecular complexity index is 2320. The number of ether oxygens (including phenoxy) is 1. The number of H-pyrrole nitrogens is 2. The molecule has 6 aromatic rings. The maximum atomic E-state index is 12.9. The van der Waals surface area contributed by atoms with Crippen molar-refractivity contribution in [3.63, 3.8) is 0 Å². The minimum absolute atomic E-state index is 0. The predicted octanol–water partition coefficient (Wildman–Crippen LogP) is 12.4. The molecule has 2 heterocycles. The number of ketones is 2. The molecule has 0 saturated heterocycles. The van der Waals surface area contributed by atoms with Crippen LogP contribution < -0.4 is 0 Å². The van der Waals surface area contributed by atoms with E-state index >= 15 is 0 Å². The molecule has 6 nitrogen and oxygen atoms in total. The van der Waals surface area contributed by atoms with Crippen LogP contribution in [0.1, 0.15) is 71.3 Å². The van der Waals surface area contributed by atoms with Crippen LogP contribution in [0, 0.1) is 13.3 Å². The molecule has 0 amide bonds. The number of hydrogen-bond acceptors (Lipinski definition) is 4. The molecule has 0 spiro atoms. The third-order valence-electron chi connectivity index (χ3n) is 9.23. The zero-order chi connectivity index (χ0) is 36.9. The van der Waals surface area contributed by atoms with E-state index in [1.807, 2.05) is 66.7 Å². The van der Waals surface area contributed by atoms with Crippen molar-refractivity contribution in [3.8, 4) is 0 Å². The molecule has 1 atom stereocenters. The van der Waals surface area contributed by atoms with E-state index in [9.17, 15) is 14.4 Å². The summed E-state index contributed by atoms with van der Waals surface area (Å²) in [4.78, 5) is 42.0. The van der Waals surface area contributed by atoms with Crippen LogP contribution >= 0.6 is 46.4 Å². The van der Waals surface area contributed by atoms with E-state index in [4.69, 9.17) is 46.4 Å². The SMILES string of the molecule is CCOC(C)=O.O=C1/C(=C/c2ccccc2)CCc2c1[nH]c1cc(Cl)c(Cl)cc21.O=C1c2[nH]c3cc(Cl)c(Cl)cc3c2CCC1Cc1ccccc1.[CH3-].[HH].[Pd]. The Kier molecular flexibility index (Phi) is 15.4. The van der Waals surface area contributed by atoms with Gasteiger partial charge in [-0.3, -0.25) is 14.4 Å². The molecule has 286 valence electrons. The van der Waals surface area contributed by atoms with E-state index in [1.54, 1.807) is 19.1 Å². The summed E-state index contributed by atoms with van der Waals surface area (Å²) in [5.41, 5.74) is 8.32. The number of aryl methyl sites for hydroxylation is 2. The molecule has 54 heavy (non-hydrogen) atoms. The summed E-state index contributed by atoms with van der Waals surface area (Å²) in [6.45, 7) is 3.65. The van der Waals surface area contributed by atoms with Gasteiger partial charge in [0, 0.05) is 62.1 Å². The van der Waals surface area contributed by atoms with Crippen molar-refractivity contribution < 1.29 is 41.0 Å². The number of Topliss-reactive ketones (excluding diaryl/α,β-unsaturated/α-hetero) is 2. The largest absolute Gasteiger partial charge is 0.466 e. The average molecular weight is 898 g/mol. The number of benzene rings is 4. The first kappa shape index (κ1) is 43.1. The minimum atomic E-state index is -0.211. The number of nitrogens with one attached hydrogen (secondary N) is 2. The van der Waals surface area contributed by atoms with Gasteiger partial charge in [-0.1, -0.05) is 107 Å². The minimum Gasteiger partial charge on any atom is -0.466 e. The molecule has 0 bridgehead atoms. The van der Waals surface area contributed by atoms with Crippen LogP contribution in [0.3, 0.4) is 0 Å². The molecule has 1 unspecified atom stereocenters. The third kappa shape index (κ3) is 9.76.